The van der Waals surface area contributed by atoms with Gasteiger partial charge in [-0.05, 0) is 6.08 Å². The molecule has 0 spiro atoms. The molecule has 11 heavy (non-hydrogen) atoms. The van der Waals surface area contributed by atoms with Crippen molar-refractivity contribution in [3.63, 3.8) is 0 Å². The van der Waals surface area contributed by atoms with Crippen LogP contribution in [0.15, 0.2) is 41.9 Å². The third kappa shape index (κ3) is 2.20. The molecule has 0 atom stereocenters. The molecule has 1 aromatic rings. The minimum Gasteiger partial charge on any atom is -0.289 e. The molecule has 1 rings (SSSR count). The Bertz CT molecular complexity index is 264. The summed E-state index contributed by atoms with van der Waals surface area (Å²) in [5, 5.41) is 0. The van der Waals surface area contributed by atoms with Gasteiger partial charge in [0.25, 0.3) is 0 Å². The van der Waals surface area contributed by atoms with Gasteiger partial charge in [0.2, 0.25) is 0 Å². The van der Waals surface area contributed by atoms with E-state index in [0.29, 0.717) is 5.56 Å². The van der Waals surface area contributed by atoms with Crippen LogP contribution in [0, 0.1) is 0 Å². The average molecular weight is 167 g/mol. The van der Waals surface area contributed by atoms with E-state index in [9.17, 15) is 4.79 Å². The van der Waals surface area contributed by atoms with Crippen LogP contribution in [0.25, 0.3) is 0 Å². The minimum atomic E-state index is -0.0689. The molecule has 2 heteroatoms. The molecule has 0 saturated heterocycles. The van der Waals surface area contributed by atoms with E-state index in [2.05, 4.69) is 0 Å². The molecule has 0 bridgehead atoms. The van der Waals surface area contributed by atoms with Crippen LogP contribution in [0.1, 0.15) is 10.4 Å². The molecular formula is C9H7ClO. The van der Waals surface area contributed by atoms with Crippen LogP contribution >= 0.6 is 11.6 Å². The maximum atomic E-state index is 11.1. The van der Waals surface area contributed by atoms with Crippen molar-refractivity contribution in [2.45, 2.75) is 0 Å². The van der Waals surface area contributed by atoms with E-state index >= 15 is 0 Å². The second-order valence-electron chi connectivity index (χ2n) is 2.02. The van der Waals surface area contributed by atoms with Crippen molar-refractivity contribution in [1.29, 1.82) is 0 Å². The molecule has 56 valence electrons. The number of ketones is 1. The molecule has 0 fully saturated rings. The summed E-state index contributed by atoms with van der Waals surface area (Å²) >= 11 is 5.24. The Labute approximate surface area is 70.3 Å². The summed E-state index contributed by atoms with van der Waals surface area (Å²) in [6, 6.07) is 8.99. The van der Waals surface area contributed by atoms with Gasteiger partial charge >= 0.3 is 0 Å². The Hall–Kier alpha value is -1.08. The summed E-state index contributed by atoms with van der Waals surface area (Å²) in [5.41, 5.74) is 1.87. The SMILES string of the molecule is O=C(/C=C\Cl)c1ccccc1. The summed E-state index contributed by atoms with van der Waals surface area (Å²) in [4.78, 5) is 11.1. The zero-order valence-corrected chi connectivity index (χ0v) is 6.58. The lowest BCUT2D eigenvalue weighted by molar-refractivity contribution is 0.104. The van der Waals surface area contributed by atoms with E-state index in [-0.39, 0.29) is 5.78 Å². The first-order valence-electron chi connectivity index (χ1n) is 3.21. The molecule has 0 aromatic heterocycles. The standard InChI is InChI=1S/C9H7ClO/c10-7-6-9(11)8-4-2-1-3-5-8/h1-7H/b7-6-. The van der Waals surface area contributed by atoms with Crippen LogP contribution in [0.2, 0.25) is 0 Å². The maximum absolute atomic E-state index is 11.1. The molecule has 0 aliphatic heterocycles. The lowest BCUT2D eigenvalue weighted by Crippen LogP contribution is -1.91. The lowest BCUT2D eigenvalue weighted by atomic mass is 10.1. The molecule has 0 aliphatic carbocycles. The predicted molar refractivity (Wildman–Crippen MR) is 45.8 cm³/mol. The second-order valence-corrected chi connectivity index (χ2v) is 2.27. The third-order valence-corrected chi connectivity index (χ3v) is 1.40. The largest absolute Gasteiger partial charge is 0.289 e. The fourth-order valence-electron chi connectivity index (χ4n) is 0.756. The predicted octanol–water partition coefficient (Wildman–Crippen LogP) is 2.62. The van der Waals surface area contributed by atoms with E-state index in [0.717, 1.165) is 0 Å². The second kappa shape index (κ2) is 3.94. The summed E-state index contributed by atoms with van der Waals surface area (Å²) in [5.74, 6) is -0.0689. The van der Waals surface area contributed by atoms with Crippen LogP contribution < -0.4 is 0 Å². The molecule has 0 heterocycles. The highest BCUT2D eigenvalue weighted by Crippen LogP contribution is 2.00. The van der Waals surface area contributed by atoms with E-state index in [1.54, 1.807) is 12.1 Å². The van der Waals surface area contributed by atoms with Gasteiger partial charge in [0.15, 0.2) is 5.78 Å². The summed E-state index contributed by atoms with van der Waals surface area (Å²) in [7, 11) is 0. The van der Waals surface area contributed by atoms with Crippen molar-refractivity contribution < 1.29 is 4.79 Å². The van der Waals surface area contributed by atoms with Crippen LogP contribution in [-0.4, -0.2) is 5.78 Å². The van der Waals surface area contributed by atoms with Crippen molar-refractivity contribution in [1.82, 2.24) is 0 Å². The molecule has 0 unspecified atom stereocenters. The Morgan fingerprint density at radius 3 is 2.45 bits per heavy atom. The first-order chi connectivity index (χ1) is 5.34. The van der Waals surface area contributed by atoms with Gasteiger partial charge in [-0.25, -0.2) is 0 Å². The van der Waals surface area contributed by atoms with Crippen LogP contribution in [0.3, 0.4) is 0 Å². The molecule has 0 N–H and O–H groups in total. The fourth-order valence-corrected chi connectivity index (χ4v) is 0.870. The zero-order valence-electron chi connectivity index (χ0n) is 5.83. The smallest absolute Gasteiger partial charge is 0.186 e. The molecule has 0 amide bonds. The van der Waals surface area contributed by atoms with Gasteiger partial charge in [0.05, 0.1) is 0 Å². The van der Waals surface area contributed by atoms with Crippen molar-refractivity contribution in [3.8, 4) is 0 Å². The van der Waals surface area contributed by atoms with Crippen molar-refractivity contribution in [2.75, 3.05) is 0 Å². The average Bonchev–Trinajstić information content (AvgIpc) is 2.07. The number of halogens is 1. The normalized spacial score (nSPS) is 10.3. The Morgan fingerprint density at radius 2 is 1.91 bits per heavy atom. The van der Waals surface area contributed by atoms with Crippen molar-refractivity contribution >= 4 is 17.4 Å². The number of hydrogen-bond acceptors (Lipinski definition) is 1. The number of carbonyl (C=O) groups excluding carboxylic acids is 1. The summed E-state index contributed by atoms with van der Waals surface area (Å²) < 4.78 is 0. The molecule has 0 saturated carbocycles. The zero-order chi connectivity index (χ0) is 8.10. The topological polar surface area (TPSA) is 17.1 Å². The monoisotopic (exact) mass is 166 g/mol. The van der Waals surface area contributed by atoms with Gasteiger partial charge in [0.1, 0.15) is 0 Å². The molecule has 1 nitrogen and oxygen atoms in total. The van der Waals surface area contributed by atoms with E-state index in [1.165, 1.54) is 11.6 Å². The lowest BCUT2D eigenvalue weighted by Gasteiger charge is -1.91. The highest BCUT2D eigenvalue weighted by Gasteiger charge is 1.97. The minimum absolute atomic E-state index is 0.0689. The number of hydrogen-bond donors (Lipinski definition) is 0. The van der Waals surface area contributed by atoms with Gasteiger partial charge < -0.3 is 0 Å². The van der Waals surface area contributed by atoms with Crippen molar-refractivity contribution in [2.24, 2.45) is 0 Å². The number of allylic oxidation sites excluding steroid dienone is 1. The molecule has 0 radical (unpaired) electrons. The number of benzene rings is 1. The van der Waals surface area contributed by atoms with E-state index < -0.39 is 0 Å². The maximum Gasteiger partial charge on any atom is 0.186 e. The van der Waals surface area contributed by atoms with Gasteiger partial charge in [-0.2, -0.15) is 0 Å². The molecule has 1 aromatic carbocycles. The van der Waals surface area contributed by atoms with Gasteiger partial charge in [-0.3, -0.25) is 4.79 Å². The third-order valence-electron chi connectivity index (χ3n) is 1.27. The van der Waals surface area contributed by atoms with Crippen molar-refractivity contribution in [3.05, 3.63) is 47.5 Å². The summed E-state index contributed by atoms with van der Waals surface area (Å²) in [6.07, 6.45) is 1.33. The van der Waals surface area contributed by atoms with Gasteiger partial charge in [-0.1, -0.05) is 41.9 Å². The first-order valence-corrected chi connectivity index (χ1v) is 3.64. The van der Waals surface area contributed by atoms with Crippen LogP contribution in [0.4, 0.5) is 0 Å². The van der Waals surface area contributed by atoms with Crippen LogP contribution in [0.5, 0.6) is 0 Å². The molecule has 0 aliphatic rings. The Balaban J connectivity index is 2.86. The van der Waals surface area contributed by atoms with Gasteiger partial charge in [-0.15, -0.1) is 0 Å². The first kappa shape index (κ1) is 8.02. The Kier molecular flexibility index (Phi) is 2.87. The number of rotatable bonds is 2. The summed E-state index contributed by atoms with van der Waals surface area (Å²) in [6.45, 7) is 0. The van der Waals surface area contributed by atoms with E-state index in [1.807, 2.05) is 18.2 Å². The van der Waals surface area contributed by atoms with E-state index in [4.69, 9.17) is 11.6 Å². The highest BCUT2D eigenvalue weighted by molar-refractivity contribution is 6.27. The quantitative estimate of drug-likeness (QED) is 0.488. The Morgan fingerprint density at radius 1 is 1.27 bits per heavy atom. The fraction of sp³-hybridized carbons (Fsp3) is 0. The van der Waals surface area contributed by atoms with Gasteiger partial charge in [0, 0.05) is 11.1 Å². The molecular weight excluding hydrogens is 160 g/mol. The number of carbonyl (C=O) groups is 1. The highest BCUT2D eigenvalue weighted by atomic mass is 35.5. The van der Waals surface area contributed by atoms with Crippen LogP contribution in [-0.2, 0) is 0 Å².